The predicted molar refractivity (Wildman–Crippen MR) is 53.3 cm³/mol. The van der Waals surface area contributed by atoms with Gasteiger partial charge in [-0.2, -0.15) is 0 Å². The molecule has 1 radical (unpaired) electrons. The minimum atomic E-state index is -3.16. The predicted octanol–water partition coefficient (Wildman–Crippen LogP) is 1.91. The largest absolute Gasteiger partial charge is 0.224 e. The highest BCUT2D eigenvalue weighted by molar-refractivity contribution is 7.91. The van der Waals surface area contributed by atoms with E-state index in [-0.39, 0.29) is 5.75 Å². The summed E-state index contributed by atoms with van der Waals surface area (Å²) in [6, 6.07) is 5.31. The van der Waals surface area contributed by atoms with Crippen molar-refractivity contribution >= 4 is 9.84 Å². The van der Waals surface area contributed by atoms with Gasteiger partial charge in [0.1, 0.15) is 0 Å². The van der Waals surface area contributed by atoms with Crippen molar-refractivity contribution in [3.05, 3.63) is 36.2 Å². The summed E-state index contributed by atoms with van der Waals surface area (Å²) in [4.78, 5) is 0.396. The van der Waals surface area contributed by atoms with Crippen molar-refractivity contribution in [2.45, 2.75) is 18.7 Å². The summed E-state index contributed by atoms with van der Waals surface area (Å²) in [5, 5.41) is 0. The SMILES string of the molecule is [CH2]CS(=O)(=O)c1ccc(C)cc1C. The van der Waals surface area contributed by atoms with E-state index in [2.05, 4.69) is 6.92 Å². The average molecular weight is 197 g/mol. The van der Waals surface area contributed by atoms with Crippen molar-refractivity contribution in [1.82, 2.24) is 0 Å². The van der Waals surface area contributed by atoms with Crippen molar-refractivity contribution < 1.29 is 8.42 Å². The van der Waals surface area contributed by atoms with Crippen molar-refractivity contribution in [2.24, 2.45) is 0 Å². The highest BCUT2D eigenvalue weighted by Gasteiger charge is 2.13. The molecule has 71 valence electrons. The molecule has 0 heterocycles. The monoisotopic (exact) mass is 197 g/mol. The fourth-order valence-corrected chi connectivity index (χ4v) is 2.30. The fourth-order valence-electron chi connectivity index (χ4n) is 1.26. The van der Waals surface area contributed by atoms with E-state index in [1.807, 2.05) is 13.0 Å². The molecule has 3 heteroatoms. The van der Waals surface area contributed by atoms with Gasteiger partial charge < -0.3 is 0 Å². The van der Waals surface area contributed by atoms with Crippen LogP contribution in [-0.2, 0) is 9.84 Å². The maximum Gasteiger partial charge on any atom is 0.178 e. The Hall–Kier alpha value is -0.830. The molecule has 0 saturated heterocycles. The Morgan fingerprint density at radius 1 is 1.31 bits per heavy atom. The van der Waals surface area contributed by atoms with Gasteiger partial charge in [0.25, 0.3) is 0 Å². The second kappa shape index (κ2) is 3.50. The van der Waals surface area contributed by atoms with Gasteiger partial charge in [0.05, 0.1) is 10.6 Å². The molecule has 0 aliphatic carbocycles. The molecule has 1 rings (SSSR count). The van der Waals surface area contributed by atoms with E-state index in [1.54, 1.807) is 19.1 Å². The number of aryl methyl sites for hydroxylation is 2. The van der Waals surface area contributed by atoms with Gasteiger partial charge >= 0.3 is 0 Å². The first-order valence-electron chi connectivity index (χ1n) is 4.06. The maximum atomic E-state index is 11.5. The Morgan fingerprint density at radius 2 is 1.92 bits per heavy atom. The van der Waals surface area contributed by atoms with Gasteiger partial charge in [0, 0.05) is 0 Å². The maximum absolute atomic E-state index is 11.5. The molecule has 0 aliphatic rings. The van der Waals surface area contributed by atoms with Crippen LogP contribution in [0.5, 0.6) is 0 Å². The zero-order valence-electron chi connectivity index (χ0n) is 7.87. The van der Waals surface area contributed by atoms with Gasteiger partial charge in [-0.1, -0.05) is 17.7 Å². The second-order valence-corrected chi connectivity index (χ2v) is 5.17. The quantitative estimate of drug-likeness (QED) is 0.725. The molecular formula is C10H13O2S. The van der Waals surface area contributed by atoms with Crippen LogP contribution in [0, 0.1) is 20.8 Å². The molecule has 0 spiro atoms. The molecule has 0 unspecified atom stereocenters. The van der Waals surface area contributed by atoms with Crippen molar-refractivity contribution in [2.75, 3.05) is 5.75 Å². The normalized spacial score (nSPS) is 11.6. The van der Waals surface area contributed by atoms with Crippen molar-refractivity contribution in [3.63, 3.8) is 0 Å². The average Bonchev–Trinajstić information content (AvgIpc) is 2.03. The molecule has 0 atom stereocenters. The zero-order chi connectivity index (χ0) is 10.1. The van der Waals surface area contributed by atoms with Gasteiger partial charge in [-0.15, -0.1) is 0 Å². The van der Waals surface area contributed by atoms with Crippen LogP contribution in [0.4, 0.5) is 0 Å². The molecule has 1 aromatic carbocycles. The number of rotatable bonds is 2. The van der Waals surface area contributed by atoms with E-state index in [4.69, 9.17) is 0 Å². The number of benzene rings is 1. The third-order valence-electron chi connectivity index (χ3n) is 1.93. The van der Waals surface area contributed by atoms with E-state index in [9.17, 15) is 8.42 Å². The van der Waals surface area contributed by atoms with Crippen LogP contribution in [0.15, 0.2) is 23.1 Å². The first kappa shape index (κ1) is 10.3. The Labute approximate surface area is 79.5 Å². The summed E-state index contributed by atoms with van der Waals surface area (Å²) in [5.41, 5.74) is 1.86. The zero-order valence-corrected chi connectivity index (χ0v) is 8.69. The van der Waals surface area contributed by atoms with E-state index in [0.29, 0.717) is 4.90 Å². The minimum Gasteiger partial charge on any atom is -0.224 e. The summed E-state index contributed by atoms with van der Waals surface area (Å²) < 4.78 is 22.9. The Kier molecular flexibility index (Phi) is 2.76. The lowest BCUT2D eigenvalue weighted by Gasteiger charge is -2.05. The molecule has 1 aromatic rings. The molecule has 0 fully saturated rings. The van der Waals surface area contributed by atoms with Crippen LogP contribution in [0.3, 0.4) is 0 Å². The van der Waals surface area contributed by atoms with E-state index >= 15 is 0 Å². The minimum absolute atomic E-state index is 0.0864. The summed E-state index contributed by atoms with van der Waals surface area (Å²) in [5.74, 6) is -0.0864. The van der Waals surface area contributed by atoms with Crippen molar-refractivity contribution in [3.8, 4) is 0 Å². The third-order valence-corrected chi connectivity index (χ3v) is 3.60. The highest BCUT2D eigenvalue weighted by Crippen LogP contribution is 2.17. The van der Waals surface area contributed by atoms with Gasteiger partial charge in [0.2, 0.25) is 0 Å². The molecule has 0 bridgehead atoms. The van der Waals surface area contributed by atoms with Crippen molar-refractivity contribution in [1.29, 1.82) is 0 Å². The Bertz CT molecular complexity index is 405. The summed E-state index contributed by atoms with van der Waals surface area (Å²) in [6.07, 6.45) is 0. The van der Waals surface area contributed by atoms with Crippen LogP contribution in [-0.4, -0.2) is 14.2 Å². The van der Waals surface area contributed by atoms with Gasteiger partial charge in [0.15, 0.2) is 9.84 Å². The smallest absolute Gasteiger partial charge is 0.178 e. The fraction of sp³-hybridized carbons (Fsp3) is 0.300. The number of sulfone groups is 1. The van der Waals surface area contributed by atoms with Gasteiger partial charge in [-0.3, -0.25) is 0 Å². The third kappa shape index (κ3) is 2.10. The lowest BCUT2D eigenvalue weighted by atomic mass is 10.2. The topological polar surface area (TPSA) is 34.1 Å². The lowest BCUT2D eigenvalue weighted by Crippen LogP contribution is -2.05. The standard InChI is InChI=1S/C10H13O2S/c1-4-13(11,12)10-6-5-8(2)7-9(10)3/h5-7H,1,4H2,2-3H3. The summed E-state index contributed by atoms with van der Waals surface area (Å²) in [6.45, 7) is 7.15. The van der Waals surface area contributed by atoms with E-state index in [1.165, 1.54) is 0 Å². The molecular weight excluding hydrogens is 184 g/mol. The molecule has 0 saturated carbocycles. The first-order chi connectivity index (χ1) is 5.97. The van der Waals surface area contributed by atoms with E-state index < -0.39 is 9.84 Å². The summed E-state index contributed by atoms with van der Waals surface area (Å²) in [7, 11) is -3.16. The molecule has 0 amide bonds. The highest BCUT2D eigenvalue weighted by atomic mass is 32.2. The van der Waals surface area contributed by atoms with Crippen LogP contribution in [0.1, 0.15) is 11.1 Å². The van der Waals surface area contributed by atoms with Crippen LogP contribution >= 0.6 is 0 Å². The second-order valence-electron chi connectivity index (χ2n) is 3.09. The lowest BCUT2D eigenvalue weighted by molar-refractivity contribution is 0.598. The Balaban J connectivity index is 3.33. The molecule has 2 nitrogen and oxygen atoms in total. The Morgan fingerprint density at radius 3 is 2.38 bits per heavy atom. The van der Waals surface area contributed by atoms with Crippen LogP contribution in [0.25, 0.3) is 0 Å². The molecule has 0 aliphatic heterocycles. The van der Waals surface area contributed by atoms with Crippen LogP contribution in [0.2, 0.25) is 0 Å². The summed E-state index contributed by atoms with van der Waals surface area (Å²) >= 11 is 0. The first-order valence-corrected chi connectivity index (χ1v) is 5.72. The number of hydrogen-bond acceptors (Lipinski definition) is 2. The van der Waals surface area contributed by atoms with Crippen LogP contribution < -0.4 is 0 Å². The van der Waals surface area contributed by atoms with Gasteiger partial charge in [-0.25, -0.2) is 8.42 Å². The number of hydrogen-bond donors (Lipinski definition) is 0. The molecule has 13 heavy (non-hydrogen) atoms. The van der Waals surface area contributed by atoms with E-state index in [0.717, 1.165) is 11.1 Å². The van der Waals surface area contributed by atoms with Gasteiger partial charge in [-0.05, 0) is 32.4 Å². The molecule has 0 aromatic heterocycles. The molecule has 0 N–H and O–H groups in total.